The Hall–Kier alpha value is -0.530. The van der Waals surface area contributed by atoms with Gasteiger partial charge in [0, 0.05) is 20.5 Å². The molecule has 78 valence electrons. The number of hydrogen-bond donors (Lipinski definition) is 0. The third-order valence-corrected chi connectivity index (χ3v) is 4.73. The quantitative estimate of drug-likeness (QED) is 0.671. The van der Waals surface area contributed by atoms with Gasteiger partial charge in [-0.3, -0.25) is 4.79 Å². The molecule has 0 aliphatic heterocycles. The number of carbonyl (C=O) groups is 1. The van der Waals surface area contributed by atoms with Crippen molar-refractivity contribution in [3.63, 3.8) is 0 Å². The summed E-state index contributed by atoms with van der Waals surface area (Å²) in [5.41, 5.74) is 1.33. The second-order valence-corrected chi connectivity index (χ2v) is 6.04. The molecule has 4 fully saturated rings. The molecule has 2 nitrogen and oxygen atoms in total. The third kappa shape index (κ3) is 0.999. The first kappa shape index (κ1) is 8.75. The van der Waals surface area contributed by atoms with Crippen molar-refractivity contribution in [1.29, 1.82) is 0 Å². The molecule has 4 aliphatic rings. The van der Waals surface area contributed by atoms with Crippen molar-refractivity contribution in [2.24, 2.45) is 16.7 Å². The zero-order valence-corrected chi connectivity index (χ0v) is 9.18. The Kier molecular flexibility index (Phi) is 1.46. The molecular weight excluding hydrogens is 174 g/mol. The van der Waals surface area contributed by atoms with Crippen molar-refractivity contribution in [3.05, 3.63) is 0 Å². The van der Waals surface area contributed by atoms with Crippen molar-refractivity contribution < 1.29 is 4.79 Å². The normalized spacial score (nSPS) is 43.9. The Morgan fingerprint density at radius 1 is 1.36 bits per heavy atom. The fraction of sp³-hybridized carbons (Fsp3) is 0.917. The van der Waals surface area contributed by atoms with Gasteiger partial charge in [-0.25, -0.2) is 0 Å². The maximum absolute atomic E-state index is 11.1. The topological polar surface area (TPSA) is 20.3 Å². The van der Waals surface area contributed by atoms with Gasteiger partial charge in [-0.05, 0) is 48.9 Å². The molecule has 4 saturated carbocycles. The molecule has 4 rings (SSSR count). The highest BCUT2D eigenvalue weighted by atomic mass is 16.2. The van der Waals surface area contributed by atoms with Gasteiger partial charge in [0.2, 0.25) is 5.91 Å². The molecule has 0 atom stereocenters. The molecule has 0 aromatic heterocycles. The summed E-state index contributed by atoms with van der Waals surface area (Å²) in [5.74, 6) is 1.29. The van der Waals surface area contributed by atoms with E-state index in [1.54, 1.807) is 6.92 Å². The standard InChI is InChI=1S/C12H19NO/c1-9(14)13(2)8-11-5-12(6-11,7-11)10-3-4-10/h10H,3-8H2,1-2H3. The number of rotatable bonds is 3. The second-order valence-electron chi connectivity index (χ2n) is 6.04. The van der Waals surface area contributed by atoms with Gasteiger partial charge in [-0.1, -0.05) is 0 Å². The predicted molar refractivity (Wildman–Crippen MR) is 54.8 cm³/mol. The summed E-state index contributed by atoms with van der Waals surface area (Å²) in [6.45, 7) is 2.68. The fourth-order valence-electron chi connectivity index (χ4n) is 4.00. The number of carbonyl (C=O) groups excluding carboxylic acids is 1. The van der Waals surface area contributed by atoms with Gasteiger partial charge < -0.3 is 4.90 Å². The lowest BCUT2D eigenvalue weighted by Gasteiger charge is -2.72. The average molecular weight is 193 g/mol. The maximum atomic E-state index is 11.1. The van der Waals surface area contributed by atoms with Gasteiger partial charge >= 0.3 is 0 Å². The van der Waals surface area contributed by atoms with E-state index < -0.39 is 0 Å². The van der Waals surface area contributed by atoms with Crippen LogP contribution < -0.4 is 0 Å². The van der Waals surface area contributed by atoms with Crippen LogP contribution in [0.2, 0.25) is 0 Å². The Balaban J connectivity index is 1.56. The van der Waals surface area contributed by atoms with E-state index in [0.717, 1.165) is 17.9 Å². The summed E-state index contributed by atoms with van der Waals surface area (Å²) in [6.07, 6.45) is 7.23. The van der Waals surface area contributed by atoms with E-state index in [2.05, 4.69) is 0 Å². The Bertz CT molecular complexity index is 273. The molecule has 0 aromatic carbocycles. The van der Waals surface area contributed by atoms with Crippen LogP contribution in [0.1, 0.15) is 39.0 Å². The summed E-state index contributed by atoms with van der Waals surface area (Å²) in [4.78, 5) is 13.0. The molecule has 0 aromatic rings. The molecule has 2 bridgehead atoms. The first-order valence-corrected chi connectivity index (χ1v) is 5.77. The van der Waals surface area contributed by atoms with Crippen LogP contribution >= 0.6 is 0 Å². The smallest absolute Gasteiger partial charge is 0.219 e. The van der Waals surface area contributed by atoms with Crippen LogP contribution in [0.4, 0.5) is 0 Å². The first-order valence-electron chi connectivity index (χ1n) is 5.77. The summed E-state index contributed by atoms with van der Waals surface area (Å²) < 4.78 is 0. The molecule has 0 heterocycles. The minimum atomic E-state index is 0.218. The van der Waals surface area contributed by atoms with E-state index in [-0.39, 0.29) is 5.91 Å². The van der Waals surface area contributed by atoms with Crippen LogP contribution in [0.25, 0.3) is 0 Å². The highest BCUT2D eigenvalue weighted by molar-refractivity contribution is 5.73. The SMILES string of the molecule is CC(=O)N(C)CC12CC(C3CC3)(C1)C2. The minimum Gasteiger partial charge on any atom is -0.345 e. The van der Waals surface area contributed by atoms with Crippen molar-refractivity contribution in [3.8, 4) is 0 Å². The molecule has 0 radical (unpaired) electrons. The molecule has 0 saturated heterocycles. The van der Waals surface area contributed by atoms with Gasteiger partial charge in [-0.15, -0.1) is 0 Å². The minimum absolute atomic E-state index is 0.218. The number of amides is 1. The maximum Gasteiger partial charge on any atom is 0.219 e. The Morgan fingerprint density at radius 2 is 1.93 bits per heavy atom. The molecule has 0 spiro atoms. The summed E-state index contributed by atoms with van der Waals surface area (Å²) in [6, 6.07) is 0. The van der Waals surface area contributed by atoms with Crippen LogP contribution in [0.15, 0.2) is 0 Å². The lowest BCUT2D eigenvalue weighted by molar-refractivity contribution is -0.224. The van der Waals surface area contributed by atoms with Crippen LogP contribution in [-0.2, 0) is 4.79 Å². The fourth-order valence-corrected chi connectivity index (χ4v) is 4.00. The molecule has 2 heteroatoms. The molecule has 14 heavy (non-hydrogen) atoms. The van der Waals surface area contributed by atoms with E-state index >= 15 is 0 Å². The average Bonchev–Trinajstić information content (AvgIpc) is 2.75. The zero-order valence-electron chi connectivity index (χ0n) is 9.18. The summed E-state index contributed by atoms with van der Waals surface area (Å²) in [7, 11) is 1.94. The monoisotopic (exact) mass is 193 g/mol. The first-order chi connectivity index (χ1) is 6.55. The Morgan fingerprint density at radius 3 is 2.36 bits per heavy atom. The summed E-state index contributed by atoms with van der Waals surface area (Å²) in [5, 5.41) is 0. The predicted octanol–water partition coefficient (Wildman–Crippen LogP) is 2.04. The van der Waals surface area contributed by atoms with Crippen molar-refractivity contribution in [2.75, 3.05) is 13.6 Å². The van der Waals surface area contributed by atoms with E-state index in [4.69, 9.17) is 0 Å². The number of hydrogen-bond acceptors (Lipinski definition) is 1. The highest BCUT2D eigenvalue weighted by Gasteiger charge is 2.71. The van der Waals surface area contributed by atoms with Gasteiger partial charge in [0.25, 0.3) is 0 Å². The summed E-state index contributed by atoms with van der Waals surface area (Å²) >= 11 is 0. The molecule has 0 N–H and O–H groups in total. The van der Waals surface area contributed by atoms with Gasteiger partial charge in [-0.2, -0.15) is 0 Å². The van der Waals surface area contributed by atoms with Crippen LogP contribution in [0.3, 0.4) is 0 Å². The van der Waals surface area contributed by atoms with E-state index in [1.165, 1.54) is 32.1 Å². The van der Waals surface area contributed by atoms with E-state index in [0.29, 0.717) is 5.41 Å². The van der Waals surface area contributed by atoms with Crippen molar-refractivity contribution in [1.82, 2.24) is 4.90 Å². The van der Waals surface area contributed by atoms with Crippen molar-refractivity contribution >= 4 is 5.91 Å². The molecular formula is C12H19NO. The molecule has 1 amide bonds. The van der Waals surface area contributed by atoms with Gasteiger partial charge in [0.05, 0.1) is 0 Å². The molecule has 0 unspecified atom stereocenters. The zero-order chi connectivity index (χ0) is 9.97. The van der Waals surface area contributed by atoms with Crippen LogP contribution in [-0.4, -0.2) is 24.4 Å². The lowest BCUT2D eigenvalue weighted by Crippen LogP contribution is -2.66. The van der Waals surface area contributed by atoms with E-state index in [9.17, 15) is 4.79 Å². The third-order valence-electron chi connectivity index (χ3n) is 4.73. The lowest BCUT2D eigenvalue weighted by atomic mass is 9.33. The Labute approximate surface area is 85.7 Å². The van der Waals surface area contributed by atoms with E-state index in [1.807, 2.05) is 11.9 Å². The van der Waals surface area contributed by atoms with Crippen molar-refractivity contribution in [2.45, 2.75) is 39.0 Å². The number of nitrogens with zero attached hydrogens (tertiary/aromatic N) is 1. The largest absolute Gasteiger partial charge is 0.345 e. The molecule has 4 aliphatic carbocycles. The second kappa shape index (κ2) is 2.34. The van der Waals surface area contributed by atoms with Gasteiger partial charge in [0.1, 0.15) is 0 Å². The van der Waals surface area contributed by atoms with Crippen LogP contribution in [0, 0.1) is 16.7 Å². The van der Waals surface area contributed by atoms with Crippen LogP contribution in [0.5, 0.6) is 0 Å². The highest BCUT2D eigenvalue weighted by Crippen LogP contribution is 2.79. The van der Waals surface area contributed by atoms with Gasteiger partial charge in [0.15, 0.2) is 0 Å².